The van der Waals surface area contributed by atoms with Gasteiger partial charge in [-0.1, -0.05) is 12.1 Å². The maximum absolute atomic E-state index is 12.4. The summed E-state index contributed by atoms with van der Waals surface area (Å²) in [5, 5.41) is 0. The highest BCUT2D eigenvalue weighted by Crippen LogP contribution is 2.14. The van der Waals surface area contributed by atoms with Crippen LogP contribution in [0, 0.1) is 0 Å². The van der Waals surface area contributed by atoms with Crippen LogP contribution in [0.5, 0.6) is 5.75 Å². The largest absolute Gasteiger partial charge is 0.497 e. The molecule has 0 spiro atoms. The van der Waals surface area contributed by atoms with Gasteiger partial charge in [0.05, 0.1) is 7.11 Å². The molecule has 1 aliphatic rings. The second-order valence-corrected chi connectivity index (χ2v) is 6.07. The lowest BCUT2D eigenvalue weighted by Gasteiger charge is -2.34. The van der Waals surface area contributed by atoms with Crippen LogP contribution in [0.15, 0.2) is 54.9 Å². The molecule has 2 heterocycles. The monoisotopic (exact) mass is 337 g/mol. The van der Waals surface area contributed by atoms with E-state index in [-0.39, 0.29) is 5.91 Å². The van der Waals surface area contributed by atoms with Crippen molar-refractivity contribution < 1.29 is 9.53 Å². The van der Waals surface area contributed by atoms with Crippen molar-refractivity contribution in [1.29, 1.82) is 0 Å². The van der Waals surface area contributed by atoms with E-state index >= 15 is 0 Å². The average Bonchev–Trinajstić information content (AvgIpc) is 2.67. The highest BCUT2D eigenvalue weighted by Gasteiger charge is 2.19. The molecule has 5 nitrogen and oxygen atoms in total. The standard InChI is InChI=1S/C20H23N3O2/c1-25-19-4-2-3-17(15-19)5-6-20(24)23-13-11-22(12-14-23)16-18-7-9-21-10-8-18/h2-10,15H,11-14,16H2,1H3/b6-5+. The van der Waals surface area contributed by atoms with Crippen molar-refractivity contribution >= 4 is 12.0 Å². The van der Waals surface area contributed by atoms with E-state index in [0.29, 0.717) is 0 Å². The van der Waals surface area contributed by atoms with Gasteiger partial charge in [-0.2, -0.15) is 0 Å². The van der Waals surface area contributed by atoms with Crippen molar-refractivity contribution in [3.63, 3.8) is 0 Å². The number of nitrogens with zero attached hydrogens (tertiary/aromatic N) is 3. The Morgan fingerprint density at radius 2 is 1.92 bits per heavy atom. The van der Waals surface area contributed by atoms with Crippen LogP contribution in [0.2, 0.25) is 0 Å². The summed E-state index contributed by atoms with van der Waals surface area (Å²) in [4.78, 5) is 20.7. The molecule has 0 radical (unpaired) electrons. The summed E-state index contributed by atoms with van der Waals surface area (Å²) in [5.74, 6) is 0.853. The van der Waals surface area contributed by atoms with Crippen LogP contribution in [-0.2, 0) is 11.3 Å². The minimum absolute atomic E-state index is 0.0615. The fraction of sp³-hybridized carbons (Fsp3) is 0.300. The predicted octanol–water partition coefficient (Wildman–Crippen LogP) is 2.45. The molecule has 0 N–H and O–H groups in total. The Hall–Kier alpha value is -2.66. The smallest absolute Gasteiger partial charge is 0.246 e. The zero-order chi connectivity index (χ0) is 17.5. The van der Waals surface area contributed by atoms with Crippen molar-refractivity contribution in [1.82, 2.24) is 14.8 Å². The minimum atomic E-state index is 0.0615. The first-order valence-electron chi connectivity index (χ1n) is 8.47. The van der Waals surface area contributed by atoms with Gasteiger partial charge in [0.25, 0.3) is 0 Å². The molecule has 1 fully saturated rings. The molecule has 3 rings (SSSR count). The van der Waals surface area contributed by atoms with Gasteiger partial charge in [0.2, 0.25) is 5.91 Å². The third-order valence-corrected chi connectivity index (χ3v) is 4.35. The topological polar surface area (TPSA) is 45.7 Å². The maximum Gasteiger partial charge on any atom is 0.246 e. The van der Waals surface area contributed by atoms with Crippen LogP contribution in [-0.4, -0.2) is 54.0 Å². The number of piperazine rings is 1. The molecule has 0 unspecified atom stereocenters. The normalized spacial score (nSPS) is 15.5. The molecular formula is C20H23N3O2. The molecule has 2 aromatic rings. The molecule has 0 saturated carbocycles. The zero-order valence-electron chi connectivity index (χ0n) is 14.5. The Morgan fingerprint density at radius 3 is 2.64 bits per heavy atom. The van der Waals surface area contributed by atoms with E-state index < -0.39 is 0 Å². The molecule has 0 aliphatic carbocycles. The van der Waals surface area contributed by atoms with E-state index in [2.05, 4.69) is 9.88 Å². The summed E-state index contributed by atoms with van der Waals surface area (Å²) in [6, 6.07) is 11.8. The quantitative estimate of drug-likeness (QED) is 0.786. The third kappa shape index (κ3) is 4.90. The highest BCUT2D eigenvalue weighted by molar-refractivity contribution is 5.91. The fourth-order valence-corrected chi connectivity index (χ4v) is 2.89. The lowest BCUT2D eigenvalue weighted by Crippen LogP contribution is -2.47. The fourth-order valence-electron chi connectivity index (χ4n) is 2.89. The Bertz CT molecular complexity index is 723. The summed E-state index contributed by atoms with van der Waals surface area (Å²) in [6.45, 7) is 4.20. The molecule has 1 aromatic heterocycles. The number of hydrogen-bond acceptors (Lipinski definition) is 4. The van der Waals surface area contributed by atoms with E-state index in [4.69, 9.17) is 4.74 Å². The van der Waals surface area contributed by atoms with Crippen molar-refractivity contribution in [3.05, 3.63) is 66.0 Å². The van der Waals surface area contributed by atoms with Crippen LogP contribution in [0.1, 0.15) is 11.1 Å². The first kappa shape index (κ1) is 17.2. The molecule has 1 aromatic carbocycles. The van der Waals surface area contributed by atoms with Gasteiger partial charge < -0.3 is 9.64 Å². The van der Waals surface area contributed by atoms with Gasteiger partial charge >= 0.3 is 0 Å². The van der Waals surface area contributed by atoms with Gasteiger partial charge in [-0.05, 0) is 41.5 Å². The number of benzene rings is 1. The number of ether oxygens (including phenoxy) is 1. The van der Waals surface area contributed by atoms with Gasteiger partial charge in [0.1, 0.15) is 5.75 Å². The van der Waals surface area contributed by atoms with Crippen molar-refractivity contribution in [2.45, 2.75) is 6.54 Å². The van der Waals surface area contributed by atoms with Crippen molar-refractivity contribution in [2.75, 3.05) is 33.3 Å². The SMILES string of the molecule is COc1cccc(/C=C/C(=O)N2CCN(Cc3ccncc3)CC2)c1. The Kier molecular flexibility index (Phi) is 5.80. The van der Waals surface area contributed by atoms with Crippen LogP contribution < -0.4 is 4.74 Å². The van der Waals surface area contributed by atoms with Gasteiger partial charge in [0, 0.05) is 51.2 Å². The van der Waals surface area contributed by atoms with Crippen LogP contribution >= 0.6 is 0 Å². The Morgan fingerprint density at radius 1 is 1.16 bits per heavy atom. The van der Waals surface area contributed by atoms with E-state index in [9.17, 15) is 4.79 Å². The van der Waals surface area contributed by atoms with Crippen LogP contribution in [0.3, 0.4) is 0 Å². The molecule has 1 amide bonds. The summed E-state index contributed by atoms with van der Waals surface area (Å²) in [5.41, 5.74) is 2.22. The molecule has 130 valence electrons. The number of hydrogen-bond donors (Lipinski definition) is 0. The van der Waals surface area contributed by atoms with Gasteiger partial charge in [-0.15, -0.1) is 0 Å². The predicted molar refractivity (Wildman–Crippen MR) is 98.1 cm³/mol. The lowest BCUT2D eigenvalue weighted by molar-refractivity contribution is -0.127. The van der Waals surface area contributed by atoms with Crippen molar-refractivity contribution in [3.8, 4) is 5.75 Å². The molecule has 25 heavy (non-hydrogen) atoms. The number of amides is 1. The van der Waals surface area contributed by atoms with E-state index in [1.807, 2.05) is 59.8 Å². The highest BCUT2D eigenvalue weighted by atomic mass is 16.5. The average molecular weight is 337 g/mol. The molecule has 5 heteroatoms. The maximum atomic E-state index is 12.4. The zero-order valence-corrected chi connectivity index (χ0v) is 14.5. The second kappa shape index (κ2) is 8.44. The number of carbonyl (C=O) groups is 1. The summed E-state index contributed by atoms with van der Waals surface area (Å²) < 4.78 is 5.20. The first-order chi connectivity index (χ1) is 12.2. The number of aromatic nitrogens is 1. The third-order valence-electron chi connectivity index (χ3n) is 4.35. The molecule has 0 bridgehead atoms. The summed E-state index contributed by atoms with van der Waals surface area (Å²) in [7, 11) is 1.64. The number of rotatable bonds is 5. The van der Waals surface area contributed by atoms with E-state index in [0.717, 1.165) is 44.0 Å². The number of carbonyl (C=O) groups excluding carboxylic acids is 1. The number of pyridine rings is 1. The summed E-state index contributed by atoms with van der Waals surface area (Å²) in [6.07, 6.45) is 7.12. The van der Waals surface area contributed by atoms with Crippen LogP contribution in [0.4, 0.5) is 0 Å². The van der Waals surface area contributed by atoms with Crippen LogP contribution in [0.25, 0.3) is 6.08 Å². The lowest BCUT2D eigenvalue weighted by atomic mass is 10.2. The minimum Gasteiger partial charge on any atom is -0.497 e. The number of methoxy groups -OCH3 is 1. The molecule has 1 aliphatic heterocycles. The summed E-state index contributed by atoms with van der Waals surface area (Å²) >= 11 is 0. The van der Waals surface area contributed by atoms with E-state index in [1.165, 1.54) is 5.56 Å². The second-order valence-electron chi connectivity index (χ2n) is 6.07. The Balaban J connectivity index is 1.50. The van der Waals surface area contributed by atoms with E-state index in [1.54, 1.807) is 13.2 Å². The molecule has 1 saturated heterocycles. The van der Waals surface area contributed by atoms with Gasteiger partial charge in [-0.3, -0.25) is 14.7 Å². The first-order valence-corrected chi connectivity index (χ1v) is 8.47. The van der Waals surface area contributed by atoms with Crippen molar-refractivity contribution in [2.24, 2.45) is 0 Å². The van der Waals surface area contributed by atoms with Gasteiger partial charge in [0.15, 0.2) is 0 Å². The Labute approximate surface area is 148 Å². The molecule has 0 atom stereocenters. The molecular weight excluding hydrogens is 314 g/mol. The van der Waals surface area contributed by atoms with Gasteiger partial charge in [-0.25, -0.2) is 0 Å².